The summed E-state index contributed by atoms with van der Waals surface area (Å²) in [6.45, 7) is 4.32. The highest BCUT2D eigenvalue weighted by Crippen LogP contribution is 2.37. The van der Waals surface area contributed by atoms with Crippen LogP contribution in [0.3, 0.4) is 0 Å². The second kappa shape index (κ2) is 10.4. The molecule has 0 spiro atoms. The molecule has 1 atom stereocenters. The normalized spacial score (nSPS) is 16.7. The Morgan fingerprint density at radius 3 is 2.85 bits per heavy atom. The van der Waals surface area contributed by atoms with Crippen molar-refractivity contribution in [2.24, 2.45) is 11.7 Å². The van der Waals surface area contributed by atoms with Gasteiger partial charge in [-0.05, 0) is 31.4 Å². The van der Waals surface area contributed by atoms with E-state index in [1.165, 1.54) is 7.11 Å². The molecule has 27 heavy (non-hydrogen) atoms. The van der Waals surface area contributed by atoms with Crippen LogP contribution in [0.25, 0.3) is 0 Å². The molecule has 1 aliphatic rings. The molecular formula is C19H28ClN3O4. The van der Waals surface area contributed by atoms with Crippen molar-refractivity contribution in [3.05, 3.63) is 22.7 Å². The summed E-state index contributed by atoms with van der Waals surface area (Å²) in [4.78, 5) is 26.8. The Morgan fingerprint density at radius 2 is 2.19 bits per heavy atom. The Balaban J connectivity index is 2.14. The number of piperidine rings is 1. The van der Waals surface area contributed by atoms with Crippen LogP contribution < -0.4 is 20.5 Å². The number of nitrogens with two attached hydrogens (primary N) is 1. The highest BCUT2D eigenvalue weighted by Gasteiger charge is 2.29. The molecule has 0 aliphatic carbocycles. The number of benzene rings is 1. The molecule has 0 radical (unpaired) electrons. The summed E-state index contributed by atoms with van der Waals surface area (Å²) in [6, 6.07) is 3.23. The van der Waals surface area contributed by atoms with E-state index < -0.39 is 0 Å². The number of ether oxygens (including phenoxy) is 2. The van der Waals surface area contributed by atoms with Gasteiger partial charge in [-0.1, -0.05) is 18.5 Å². The van der Waals surface area contributed by atoms with Crippen molar-refractivity contribution in [1.29, 1.82) is 0 Å². The predicted molar refractivity (Wildman–Crippen MR) is 104 cm³/mol. The second-order valence-corrected chi connectivity index (χ2v) is 6.92. The maximum absolute atomic E-state index is 12.9. The van der Waals surface area contributed by atoms with E-state index in [0.29, 0.717) is 54.9 Å². The number of rotatable bonds is 8. The van der Waals surface area contributed by atoms with Gasteiger partial charge >= 0.3 is 0 Å². The summed E-state index contributed by atoms with van der Waals surface area (Å²) < 4.78 is 11.0. The molecular weight excluding hydrogens is 370 g/mol. The Bertz CT molecular complexity index is 669. The van der Waals surface area contributed by atoms with Gasteiger partial charge in [0.1, 0.15) is 0 Å². The van der Waals surface area contributed by atoms with E-state index in [9.17, 15) is 9.59 Å². The minimum absolute atomic E-state index is 0.0584. The molecule has 1 aliphatic heterocycles. The van der Waals surface area contributed by atoms with Crippen LogP contribution in [0.5, 0.6) is 11.5 Å². The lowest BCUT2D eigenvalue weighted by Gasteiger charge is -2.32. The van der Waals surface area contributed by atoms with E-state index in [1.54, 1.807) is 17.0 Å². The summed E-state index contributed by atoms with van der Waals surface area (Å²) in [5.74, 6) is 0.410. The van der Waals surface area contributed by atoms with Gasteiger partial charge in [-0.2, -0.15) is 0 Å². The lowest BCUT2D eigenvalue weighted by atomic mass is 9.96. The van der Waals surface area contributed by atoms with Crippen LogP contribution in [-0.2, 0) is 4.79 Å². The van der Waals surface area contributed by atoms with Gasteiger partial charge in [-0.3, -0.25) is 9.59 Å². The van der Waals surface area contributed by atoms with Crippen molar-refractivity contribution in [2.45, 2.75) is 26.2 Å². The fourth-order valence-electron chi connectivity index (χ4n) is 3.09. The second-order valence-electron chi connectivity index (χ2n) is 6.51. The van der Waals surface area contributed by atoms with Gasteiger partial charge in [0.15, 0.2) is 11.5 Å². The number of likely N-dealkylation sites (tertiary alicyclic amines) is 1. The Hall–Kier alpha value is -1.99. The number of nitrogens with one attached hydrogen (secondary N) is 1. The molecule has 0 saturated carbocycles. The van der Waals surface area contributed by atoms with Gasteiger partial charge in [0.25, 0.3) is 5.91 Å². The number of halogens is 1. The molecule has 0 aromatic heterocycles. The van der Waals surface area contributed by atoms with Crippen LogP contribution >= 0.6 is 11.6 Å². The molecule has 1 aromatic rings. The van der Waals surface area contributed by atoms with Crippen molar-refractivity contribution < 1.29 is 19.1 Å². The number of methoxy groups -OCH3 is 1. The van der Waals surface area contributed by atoms with Crippen molar-refractivity contribution >= 4 is 23.4 Å². The Labute approximate surface area is 165 Å². The highest BCUT2D eigenvalue weighted by atomic mass is 35.5. The number of carbonyl (C=O) groups is 2. The van der Waals surface area contributed by atoms with E-state index in [4.69, 9.17) is 26.8 Å². The van der Waals surface area contributed by atoms with Gasteiger partial charge in [0.2, 0.25) is 5.91 Å². The fourth-order valence-corrected chi connectivity index (χ4v) is 3.35. The van der Waals surface area contributed by atoms with Crippen molar-refractivity contribution in [3.63, 3.8) is 0 Å². The standard InChI is InChI=1S/C19H28ClN3O4/c1-3-9-27-17-15(20)10-14(11-16(17)26-2)19(25)23-8-4-5-13(12-23)18(24)22-7-6-21/h10-11,13H,3-9,12,21H2,1-2H3,(H,22,24). The first-order valence-corrected chi connectivity index (χ1v) is 9.67. The smallest absolute Gasteiger partial charge is 0.254 e. The summed E-state index contributed by atoms with van der Waals surface area (Å²) in [7, 11) is 1.51. The maximum Gasteiger partial charge on any atom is 0.254 e. The van der Waals surface area contributed by atoms with Crippen LogP contribution in [0.1, 0.15) is 36.5 Å². The lowest BCUT2D eigenvalue weighted by molar-refractivity contribution is -0.126. The van der Waals surface area contributed by atoms with Gasteiger partial charge in [-0.15, -0.1) is 0 Å². The first-order chi connectivity index (χ1) is 13.0. The van der Waals surface area contributed by atoms with Crippen molar-refractivity contribution in [1.82, 2.24) is 10.2 Å². The molecule has 1 fully saturated rings. The molecule has 2 amide bonds. The third kappa shape index (κ3) is 5.49. The third-order valence-corrected chi connectivity index (χ3v) is 4.73. The SMILES string of the molecule is CCCOc1c(Cl)cc(C(=O)N2CCCC(C(=O)NCCN)C2)cc1OC. The van der Waals surface area contributed by atoms with E-state index in [2.05, 4.69) is 5.32 Å². The Kier molecular flexibility index (Phi) is 8.19. The number of nitrogens with zero attached hydrogens (tertiary/aromatic N) is 1. The number of amides is 2. The molecule has 2 rings (SSSR count). The van der Waals surface area contributed by atoms with Gasteiger partial charge in [0.05, 0.1) is 24.7 Å². The highest BCUT2D eigenvalue weighted by molar-refractivity contribution is 6.32. The molecule has 8 heteroatoms. The average molecular weight is 398 g/mol. The topological polar surface area (TPSA) is 93.9 Å². The molecule has 1 heterocycles. The minimum atomic E-state index is -0.223. The van der Waals surface area contributed by atoms with E-state index in [0.717, 1.165) is 19.3 Å². The van der Waals surface area contributed by atoms with Crippen molar-refractivity contribution in [2.75, 3.05) is 39.9 Å². The molecule has 1 aromatic carbocycles. The zero-order valence-electron chi connectivity index (χ0n) is 15.9. The van der Waals surface area contributed by atoms with Crippen LogP contribution in [0.4, 0.5) is 0 Å². The fraction of sp³-hybridized carbons (Fsp3) is 0.579. The zero-order valence-corrected chi connectivity index (χ0v) is 16.7. The van der Waals surface area contributed by atoms with Crippen LogP contribution in [0.2, 0.25) is 5.02 Å². The zero-order chi connectivity index (χ0) is 19.8. The predicted octanol–water partition coefficient (Wildman–Crippen LogP) is 2.06. The number of hydrogen-bond acceptors (Lipinski definition) is 5. The van der Waals surface area contributed by atoms with E-state index >= 15 is 0 Å². The monoisotopic (exact) mass is 397 g/mol. The number of carbonyl (C=O) groups excluding carboxylic acids is 2. The van der Waals surface area contributed by atoms with Crippen LogP contribution in [0, 0.1) is 5.92 Å². The quantitative estimate of drug-likeness (QED) is 0.700. The molecule has 7 nitrogen and oxygen atoms in total. The minimum Gasteiger partial charge on any atom is -0.493 e. The maximum atomic E-state index is 12.9. The molecule has 3 N–H and O–H groups in total. The van der Waals surface area contributed by atoms with Crippen LogP contribution in [0.15, 0.2) is 12.1 Å². The van der Waals surface area contributed by atoms with Crippen molar-refractivity contribution in [3.8, 4) is 11.5 Å². The summed E-state index contributed by atoms with van der Waals surface area (Å²) in [5, 5.41) is 3.13. The van der Waals surface area contributed by atoms with E-state index in [1.807, 2.05) is 6.92 Å². The molecule has 0 bridgehead atoms. The van der Waals surface area contributed by atoms with Crippen LogP contribution in [-0.4, -0.2) is 56.6 Å². The molecule has 1 saturated heterocycles. The van der Waals surface area contributed by atoms with E-state index in [-0.39, 0.29) is 17.7 Å². The summed E-state index contributed by atoms with van der Waals surface area (Å²) in [5.41, 5.74) is 5.85. The third-order valence-electron chi connectivity index (χ3n) is 4.45. The van der Waals surface area contributed by atoms with Gasteiger partial charge < -0.3 is 25.4 Å². The molecule has 1 unspecified atom stereocenters. The first kappa shape index (κ1) is 21.3. The number of hydrogen-bond donors (Lipinski definition) is 2. The van der Waals surface area contributed by atoms with Gasteiger partial charge in [0, 0.05) is 31.7 Å². The lowest BCUT2D eigenvalue weighted by Crippen LogP contribution is -2.46. The van der Waals surface area contributed by atoms with Gasteiger partial charge in [-0.25, -0.2) is 0 Å². The summed E-state index contributed by atoms with van der Waals surface area (Å²) >= 11 is 6.32. The molecule has 150 valence electrons. The average Bonchev–Trinajstić information content (AvgIpc) is 2.70. The largest absolute Gasteiger partial charge is 0.493 e. The first-order valence-electron chi connectivity index (χ1n) is 9.29. The summed E-state index contributed by atoms with van der Waals surface area (Å²) in [6.07, 6.45) is 2.37. The Morgan fingerprint density at radius 1 is 1.41 bits per heavy atom.